The highest BCUT2D eigenvalue weighted by Crippen LogP contribution is 2.22. The third-order valence-corrected chi connectivity index (χ3v) is 3.78. The van der Waals surface area contributed by atoms with E-state index in [4.69, 9.17) is 4.74 Å². The van der Waals surface area contributed by atoms with Crippen LogP contribution in [0.4, 0.5) is 4.79 Å². The molecule has 2 fully saturated rings. The summed E-state index contributed by atoms with van der Waals surface area (Å²) in [5, 5.41) is 0. The fraction of sp³-hybridized carbons (Fsp3) is 0.923. The molecule has 0 bridgehead atoms. The SMILES string of the molecule is CCCC1CCCCN1C(=O)N1CCOCC1. The first-order valence-corrected chi connectivity index (χ1v) is 6.96. The highest BCUT2D eigenvalue weighted by molar-refractivity contribution is 5.75. The molecule has 2 aliphatic heterocycles. The summed E-state index contributed by atoms with van der Waals surface area (Å²) in [7, 11) is 0. The van der Waals surface area contributed by atoms with Crippen LogP contribution in [0.5, 0.6) is 0 Å². The van der Waals surface area contributed by atoms with Crippen molar-refractivity contribution in [2.75, 3.05) is 32.8 Å². The number of ether oxygens (including phenoxy) is 1. The quantitative estimate of drug-likeness (QED) is 0.740. The Kier molecular flexibility index (Phi) is 4.66. The maximum absolute atomic E-state index is 12.4. The number of piperidine rings is 1. The molecule has 1 unspecified atom stereocenters. The molecule has 0 spiro atoms. The Bertz CT molecular complexity index is 250. The Morgan fingerprint density at radius 2 is 2.00 bits per heavy atom. The number of nitrogens with zero attached hydrogens (tertiary/aromatic N) is 2. The first kappa shape index (κ1) is 12.7. The van der Waals surface area contributed by atoms with E-state index in [1.807, 2.05) is 4.90 Å². The molecule has 4 heteroatoms. The monoisotopic (exact) mass is 240 g/mol. The van der Waals surface area contributed by atoms with E-state index in [9.17, 15) is 4.79 Å². The molecular formula is C13H24N2O2. The van der Waals surface area contributed by atoms with Gasteiger partial charge in [-0.3, -0.25) is 0 Å². The van der Waals surface area contributed by atoms with Gasteiger partial charge in [0.1, 0.15) is 0 Å². The molecule has 2 heterocycles. The van der Waals surface area contributed by atoms with E-state index in [1.54, 1.807) is 0 Å². The predicted molar refractivity (Wildman–Crippen MR) is 67.0 cm³/mol. The number of hydrogen-bond acceptors (Lipinski definition) is 2. The zero-order valence-corrected chi connectivity index (χ0v) is 10.9. The van der Waals surface area contributed by atoms with Crippen molar-refractivity contribution in [2.24, 2.45) is 0 Å². The first-order chi connectivity index (χ1) is 8.33. The molecule has 0 aromatic rings. The zero-order valence-electron chi connectivity index (χ0n) is 10.9. The van der Waals surface area contributed by atoms with Crippen molar-refractivity contribution in [3.05, 3.63) is 0 Å². The van der Waals surface area contributed by atoms with Crippen molar-refractivity contribution < 1.29 is 9.53 Å². The number of urea groups is 1. The molecule has 0 saturated carbocycles. The van der Waals surface area contributed by atoms with Crippen LogP contribution in [0.2, 0.25) is 0 Å². The van der Waals surface area contributed by atoms with Crippen molar-refractivity contribution in [2.45, 2.75) is 45.1 Å². The van der Waals surface area contributed by atoms with E-state index < -0.39 is 0 Å². The van der Waals surface area contributed by atoms with Crippen molar-refractivity contribution >= 4 is 6.03 Å². The van der Waals surface area contributed by atoms with E-state index in [0.29, 0.717) is 19.3 Å². The van der Waals surface area contributed by atoms with Crippen LogP contribution in [0, 0.1) is 0 Å². The second-order valence-corrected chi connectivity index (χ2v) is 5.01. The summed E-state index contributed by atoms with van der Waals surface area (Å²) in [6.45, 7) is 6.05. The summed E-state index contributed by atoms with van der Waals surface area (Å²) < 4.78 is 5.30. The number of rotatable bonds is 2. The number of morpholine rings is 1. The molecule has 2 saturated heterocycles. The average Bonchev–Trinajstić information content (AvgIpc) is 2.40. The van der Waals surface area contributed by atoms with Crippen molar-refractivity contribution in [1.82, 2.24) is 9.80 Å². The minimum absolute atomic E-state index is 0.242. The number of carbonyl (C=O) groups excluding carboxylic acids is 1. The van der Waals surface area contributed by atoms with Crippen LogP contribution >= 0.6 is 0 Å². The Labute approximate surface area is 104 Å². The van der Waals surface area contributed by atoms with Crippen LogP contribution < -0.4 is 0 Å². The Balaban J connectivity index is 1.94. The van der Waals surface area contributed by atoms with Gasteiger partial charge in [0.25, 0.3) is 0 Å². The van der Waals surface area contributed by atoms with Gasteiger partial charge in [0.15, 0.2) is 0 Å². The number of hydrogen-bond donors (Lipinski definition) is 0. The molecule has 0 aromatic carbocycles. The zero-order chi connectivity index (χ0) is 12.1. The van der Waals surface area contributed by atoms with Gasteiger partial charge in [-0.25, -0.2) is 4.79 Å². The van der Waals surface area contributed by atoms with Crippen LogP contribution in [0.15, 0.2) is 0 Å². The van der Waals surface area contributed by atoms with Crippen molar-refractivity contribution in [1.29, 1.82) is 0 Å². The summed E-state index contributed by atoms with van der Waals surface area (Å²) in [5.41, 5.74) is 0. The largest absolute Gasteiger partial charge is 0.378 e. The second kappa shape index (κ2) is 6.24. The normalized spacial score (nSPS) is 26.1. The highest BCUT2D eigenvalue weighted by Gasteiger charge is 2.29. The lowest BCUT2D eigenvalue weighted by Crippen LogP contribution is -2.53. The molecule has 0 aromatic heterocycles. The standard InChI is InChI=1S/C13H24N2O2/c1-2-5-12-6-3-4-7-15(12)13(16)14-8-10-17-11-9-14/h12H,2-11H2,1H3. The molecule has 2 amide bonds. The van der Waals surface area contributed by atoms with Gasteiger partial charge >= 0.3 is 6.03 Å². The molecule has 0 N–H and O–H groups in total. The fourth-order valence-electron chi connectivity index (χ4n) is 2.82. The maximum Gasteiger partial charge on any atom is 0.320 e. The Morgan fingerprint density at radius 1 is 1.24 bits per heavy atom. The van der Waals surface area contributed by atoms with E-state index in [0.717, 1.165) is 38.9 Å². The Morgan fingerprint density at radius 3 is 2.71 bits per heavy atom. The first-order valence-electron chi connectivity index (χ1n) is 6.96. The topological polar surface area (TPSA) is 32.8 Å². The summed E-state index contributed by atoms with van der Waals surface area (Å²) in [6.07, 6.45) is 5.94. The average molecular weight is 240 g/mol. The van der Waals surface area contributed by atoms with Crippen molar-refractivity contribution in [3.63, 3.8) is 0 Å². The highest BCUT2D eigenvalue weighted by atomic mass is 16.5. The third kappa shape index (κ3) is 3.12. The lowest BCUT2D eigenvalue weighted by molar-refractivity contribution is 0.0349. The van der Waals surface area contributed by atoms with E-state index in [1.165, 1.54) is 12.8 Å². The molecule has 2 rings (SSSR count). The van der Waals surface area contributed by atoms with Gasteiger partial charge in [0.2, 0.25) is 0 Å². The molecule has 2 aliphatic rings. The minimum Gasteiger partial charge on any atom is -0.378 e. The van der Waals surface area contributed by atoms with Gasteiger partial charge in [-0.2, -0.15) is 0 Å². The molecule has 0 aliphatic carbocycles. The van der Waals surface area contributed by atoms with Gasteiger partial charge in [0, 0.05) is 25.7 Å². The maximum atomic E-state index is 12.4. The Hall–Kier alpha value is -0.770. The van der Waals surface area contributed by atoms with Gasteiger partial charge < -0.3 is 14.5 Å². The fourth-order valence-corrected chi connectivity index (χ4v) is 2.82. The molecule has 4 nitrogen and oxygen atoms in total. The van der Waals surface area contributed by atoms with Gasteiger partial charge in [-0.1, -0.05) is 13.3 Å². The smallest absolute Gasteiger partial charge is 0.320 e. The van der Waals surface area contributed by atoms with E-state index >= 15 is 0 Å². The van der Waals surface area contributed by atoms with E-state index in [-0.39, 0.29) is 6.03 Å². The van der Waals surface area contributed by atoms with Crippen LogP contribution in [-0.2, 0) is 4.74 Å². The molecule has 1 atom stereocenters. The van der Waals surface area contributed by atoms with Gasteiger partial charge in [-0.05, 0) is 25.7 Å². The van der Waals surface area contributed by atoms with Gasteiger partial charge in [0.05, 0.1) is 13.2 Å². The third-order valence-electron chi connectivity index (χ3n) is 3.78. The lowest BCUT2D eigenvalue weighted by Gasteiger charge is -2.40. The number of amides is 2. The van der Waals surface area contributed by atoms with Crippen LogP contribution in [0.1, 0.15) is 39.0 Å². The van der Waals surface area contributed by atoms with Crippen LogP contribution in [0.25, 0.3) is 0 Å². The summed E-state index contributed by atoms with van der Waals surface area (Å²) in [4.78, 5) is 16.5. The summed E-state index contributed by atoms with van der Waals surface area (Å²) >= 11 is 0. The minimum atomic E-state index is 0.242. The summed E-state index contributed by atoms with van der Waals surface area (Å²) in [5.74, 6) is 0. The second-order valence-electron chi connectivity index (χ2n) is 5.01. The number of likely N-dealkylation sites (tertiary alicyclic amines) is 1. The van der Waals surface area contributed by atoms with Gasteiger partial charge in [-0.15, -0.1) is 0 Å². The predicted octanol–water partition coefficient (Wildman–Crippen LogP) is 2.09. The molecule has 0 radical (unpaired) electrons. The molecule has 17 heavy (non-hydrogen) atoms. The van der Waals surface area contributed by atoms with E-state index in [2.05, 4.69) is 11.8 Å². The molecular weight excluding hydrogens is 216 g/mol. The molecule has 98 valence electrons. The lowest BCUT2D eigenvalue weighted by atomic mass is 9.98. The summed E-state index contributed by atoms with van der Waals surface area (Å²) in [6, 6.07) is 0.718. The van der Waals surface area contributed by atoms with Crippen molar-refractivity contribution in [3.8, 4) is 0 Å². The van der Waals surface area contributed by atoms with Crippen LogP contribution in [-0.4, -0.2) is 54.7 Å². The number of carbonyl (C=O) groups is 1. The van der Waals surface area contributed by atoms with Crippen LogP contribution in [0.3, 0.4) is 0 Å².